The smallest absolute Gasteiger partial charge is 0.326 e. The maximum atomic E-state index is 13.1. The largest absolute Gasteiger partial charge is 0.481 e. The number of nitrogens with two attached hydrogens (primary N) is 1. The van der Waals surface area contributed by atoms with Crippen molar-refractivity contribution in [2.24, 2.45) is 11.7 Å². The van der Waals surface area contributed by atoms with Gasteiger partial charge in [0, 0.05) is 18.6 Å². The number of amides is 3. The molecule has 0 fully saturated rings. The van der Waals surface area contributed by atoms with Crippen molar-refractivity contribution in [2.75, 3.05) is 5.75 Å². The number of carboxylic acids is 2. The summed E-state index contributed by atoms with van der Waals surface area (Å²) in [5.74, 6) is -4.62. The molecule has 0 aliphatic rings. The Balaban J connectivity index is 3.10. The Morgan fingerprint density at radius 1 is 0.886 bits per heavy atom. The fraction of sp³-hybridized carbons (Fsp3) is 0.522. The van der Waals surface area contributed by atoms with Crippen LogP contribution in [0.1, 0.15) is 38.7 Å². The van der Waals surface area contributed by atoms with Crippen molar-refractivity contribution in [1.82, 2.24) is 16.0 Å². The molecular weight excluding hydrogens is 476 g/mol. The summed E-state index contributed by atoms with van der Waals surface area (Å²) in [5.41, 5.74) is 6.43. The number of rotatable bonds is 15. The average Bonchev–Trinajstić information content (AvgIpc) is 2.80. The zero-order valence-electron chi connectivity index (χ0n) is 19.8. The second-order valence-electron chi connectivity index (χ2n) is 8.56. The molecule has 7 N–H and O–H groups in total. The summed E-state index contributed by atoms with van der Waals surface area (Å²) in [4.78, 5) is 61.0. The van der Waals surface area contributed by atoms with Crippen LogP contribution in [0.2, 0.25) is 0 Å². The van der Waals surface area contributed by atoms with Gasteiger partial charge in [0.15, 0.2) is 0 Å². The third-order valence-corrected chi connectivity index (χ3v) is 5.44. The number of carbonyl (C=O) groups is 5. The van der Waals surface area contributed by atoms with Crippen LogP contribution >= 0.6 is 12.6 Å². The highest BCUT2D eigenvalue weighted by atomic mass is 32.1. The first kappa shape index (κ1) is 29.9. The van der Waals surface area contributed by atoms with Crippen LogP contribution in [0.4, 0.5) is 0 Å². The molecule has 12 heteroatoms. The van der Waals surface area contributed by atoms with Crippen molar-refractivity contribution in [3.05, 3.63) is 35.9 Å². The maximum absolute atomic E-state index is 13.1. The van der Waals surface area contributed by atoms with E-state index < -0.39 is 60.2 Å². The van der Waals surface area contributed by atoms with E-state index >= 15 is 0 Å². The number of hydrogen-bond donors (Lipinski definition) is 7. The van der Waals surface area contributed by atoms with Gasteiger partial charge in [-0.25, -0.2) is 4.79 Å². The lowest BCUT2D eigenvalue weighted by atomic mass is 10.0. The van der Waals surface area contributed by atoms with Gasteiger partial charge < -0.3 is 31.9 Å². The number of aliphatic carboxylic acids is 2. The molecule has 0 aromatic heterocycles. The third-order valence-electron chi connectivity index (χ3n) is 5.05. The van der Waals surface area contributed by atoms with Crippen molar-refractivity contribution in [3.8, 4) is 0 Å². The van der Waals surface area contributed by atoms with Crippen molar-refractivity contribution in [2.45, 2.75) is 63.7 Å². The number of hydrogen-bond acceptors (Lipinski definition) is 7. The summed E-state index contributed by atoms with van der Waals surface area (Å²) in [6.07, 6.45) is -0.491. The van der Waals surface area contributed by atoms with Crippen molar-refractivity contribution < 1.29 is 34.2 Å². The first-order valence-corrected chi connectivity index (χ1v) is 11.8. The minimum absolute atomic E-state index is 0.0371. The molecule has 1 aromatic carbocycles. The highest BCUT2D eigenvalue weighted by Crippen LogP contribution is 2.09. The topological polar surface area (TPSA) is 188 Å². The van der Waals surface area contributed by atoms with E-state index in [2.05, 4.69) is 28.6 Å². The molecule has 0 radical (unpaired) electrons. The van der Waals surface area contributed by atoms with Gasteiger partial charge in [0.25, 0.3) is 0 Å². The molecule has 0 spiro atoms. The molecule has 35 heavy (non-hydrogen) atoms. The molecule has 0 aliphatic heterocycles. The summed E-state index contributed by atoms with van der Waals surface area (Å²) in [7, 11) is 0. The maximum Gasteiger partial charge on any atom is 0.326 e. The van der Waals surface area contributed by atoms with E-state index in [4.69, 9.17) is 10.8 Å². The second kappa shape index (κ2) is 15.0. The van der Waals surface area contributed by atoms with Crippen LogP contribution in [0.5, 0.6) is 0 Å². The minimum Gasteiger partial charge on any atom is -0.481 e. The molecule has 0 heterocycles. The van der Waals surface area contributed by atoms with E-state index in [9.17, 15) is 29.1 Å². The van der Waals surface area contributed by atoms with E-state index in [0.717, 1.165) is 5.56 Å². The molecule has 4 atom stereocenters. The van der Waals surface area contributed by atoms with Crippen LogP contribution in [0, 0.1) is 5.92 Å². The van der Waals surface area contributed by atoms with Crippen LogP contribution in [-0.4, -0.2) is 69.8 Å². The van der Waals surface area contributed by atoms with Crippen LogP contribution in [0.15, 0.2) is 30.3 Å². The first-order valence-electron chi connectivity index (χ1n) is 11.2. The fourth-order valence-electron chi connectivity index (χ4n) is 3.19. The van der Waals surface area contributed by atoms with Gasteiger partial charge in [0.05, 0.1) is 6.04 Å². The predicted molar refractivity (Wildman–Crippen MR) is 132 cm³/mol. The Bertz CT molecular complexity index is 882. The zero-order valence-corrected chi connectivity index (χ0v) is 20.7. The van der Waals surface area contributed by atoms with E-state index in [1.807, 2.05) is 0 Å². The van der Waals surface area contributed by atoms with E-state index in [0.29, 0.717) is 0 Å². The van der Waals surface area contributed by atoms with E-state index in [1.165, 1.54) is 0 Å². The second-order valence-corrected chi connectivity index (χ2v) is 8.93. The third kappa shape index (κ3) is 11.2. The van der Waals surface area contributed by atoms with Gasteiger partial charge in [-0.2, -0.15) is 12.6 Å². The summed E-state index contributed by atoms with van der Waals surface area (Å²) in [6, 6.07) is 4.18. The molecule has 1 aromatic rings. The van der Waals surface area contributed by atoms with Crippen LogP contribution in [0.3, 0.4) is 0 Å². The number of thiol groups is 1. The monoisotopic (exact) mass is 510 g/mol. The van der Waals surface area contributed by atoms with Crippen molar-refractivity contribution in [1.29, 1.82) is 0 Å². The van der Waals surface area contributed by atoms with Crippen molar-refractivity contribution in [3.63, 3.8) is 0 Å². The van der Waals surface area contributed by atoms with Crippen LogP contribution in [0.25, 0.3) is 0 Å². The minimum atomic E-state index is -1.33. The standard InChI is InChI=1S/C23H34N4O7S/c1-13(2)10-18(23(33)34)27-21(31)16(8-9-19(28)29)25-22(32)17(26-20(30)15(24)12-35)11-14-6-4-3-5-7-14/h3-7,13,15-18,35H,8-12,24H2,1-2H3,(H,25,32)(H,26,30)(H,27,31)(H,28,29)(H,33,34). The summed E-state index contributed by atoms with van der Waals surface area (Å²) >= 11 is 3.99. The Morgan fingerprint density at radius 2 is 1.43 bits per heavy atom. The number of nitrogens with one attached hydrogen (secondary N) is 3. The van der Waals surface area contributed by atoms with Gasteiger partial charge in [-0.1, -0.05) is 44.2 Å². The van der Waals surface area contributed by atoms with E-state index in [-0.39, 0.29) is 30.9 Å². The molecule has 194 valence electrons. The number of carboxylic acid groups (broad SMARTS) is 2. The Labute approximate surface area is 209 Å². The SMILES string of the molecule is CC(C)CC(NC(=O)C(CCC(=O)O)NC(=O)C(Cc1ccccc1)NC(=O)C(N)CS)C(=O)O. The lowest BCUT2D eigenvalue weighted by Crippen LogP contribution is -2.58. The quantitative estimate of drug-likeness (QED) is 0.160. The summed E-state index contributed by atoms with van der Waals surface area (Å²) in [5, 5.41) is 25.9. The van der Waals surface area contributed by atoms with Gasteiger partial charge >= 0.3 is 11.9 Å². The van der Waals surface area contributed by atoms with Gasteiger partial charge in [-0.3, -0.25) is 19.2 Å². The first-order chi connectivity index (χ1) is 16.4. The molecule has 0 aliphatic carbocycles. The molecule has 0 bridgehead atoms. The zero-order chi connectivity index (χ0) is 26.5. The number of carbonyl (C=O) groups excluding carboxylic acids is 3. The van der Waals surface area contributed by atoms with Gasteiger partial charge in [-0.15, -0.1) is 0 Å². The number of benzene rings is 1. The molecule has 11 nitrogen and oxygen atoms in total. The Morgan fingerprint density at radius 3 is 1.94 bits per heavy atom. The van der Waals surface area contributed by atoms with E-state index in [1.54, 1.807) is 44.2 Å². The summed E-state index contributed by atoms with van der Waals surface area (Å²) < 4.78 is 0. The average molecular weight is 511 g/mol. The van der Waals surface area contributed by atoms with Gasteiger partial charge in [-0.05, 0) is 24.3 Å². The van der Waals surface area contributed by atoms with Gasteiger partial charge in [0.1, 0.15) is 18.1 Å². The summed E-state index contributed by atoms with van der Waals surface area (Å²) in [6.45, 7) is 3.58. The molecular formula is C23H34N4O7S. The molecule has 1 rings (SSSR count). The highest BCUT2D eigenvalue weighted by molar-refractivity contribution is 7.80. The Hall–Kier alpha value is -3.12. The van der Waals surface area contributed by atoms with Crippen LogP contribution in [-0.2, 0) is 30.4 Å². The van der Waals surface area contributed by atoms with Gasteiger partial charge in [0.2, 0.25) is 17.7 Å². The lowest BCUT2D eigenvalue weighted by Gasteiger charge is -2.25. The highest BCUT2D eigenvalue weighted by Gasteiger charge is 2.31. The Kier molecular flexibility index (Phi) is 12.8. The molecule has 0 saturated heterocycles. The van der Waals surface area contributed by atoms with Crippen LogP contribution < -0.4 is 21.7 Å². The van der Waals surface area contributed by atoms with Crippen molar-refractivity contribution >= 4 is 42.3 Å². The molecule has 3 amide bonds. The normalized spacial score (nSPS) is 14.3. The fourth-order valence-corrected chi connectivity index (χ4v) is 3.36. The molecule has 4 unspecified atom stereocenters. The lowest BCUT2D eigenvalue weighted by molar-refractivity contribution is -0.143. The predicted octanol–water partition coefficient (Wildman–Crippen LogP) is -0.0639. The molecule has 0 saturated carbocycles.